The van der Waals surface area contributed by atoms with Crippen LogP contribution >= 0.6 is 22.6 Å². The van der Waals surface area contributed by atoms with Crippen molar-refractivity contribution in [1.29, 1.82) is 0 Å². The minimum Gasteiger partial charge on any atom is -0.326 e. The van der Waals surface area contributed by atoms with Crippen LogP contribution in [-0.2, 0) is 4.79 Å². The fraction of sp³-hybridized carbons (Fsp3) is 0.273. The number of rotatable bonds is 3. The summed E-state index contributed by atoms with van der Waals surface area (Å²) < 4.78 is -0.00524. The Hall–Kier alpha value is -0.910. The van der Waals surface area contributed by atoms with E-state index in [2.05, 4.69) is 5.32 Å². The van der Waals surface area contributed by atoms with Gasteiger partial charge in [-0.2, -0.15) is 0 Å². The van der Waals surface area contributed by atoms with E-state index in [1.807, 2.05) is 13.8 Å². The quantitative estimate of drug-likeness (QED) is 0.688. The molecule has 0 aliphatic rings. The van der Waals surface area contributed by atoms with E-state index in [1.165, 1.54) is 0 Å². The van der Waals surface area contributed by atoms with Gasteiger partial charge in [-0.25, -0.2) is 0 Å². The van der Waals surface area contributed by atoms with Crippen molar-refractivity contribution in [2.24, 2.45) is 5.92 Å². The lowest BCUT2D eigenvalue weighted by Crippen LogP contribution is -2.17. The molecule has 0 atom stereocenters. The first-order valence-corrected chi connectivity index (χ1v) is 5.69. The largest absolute Gasteiger partial charge is 0.326 e. The van der Waals surface area contributed by atoms with Gasteiger partial charge in [0, 0.05) is 39.8 Å². The second kappa shape index (κ2) is 5.25. The van der Waals surface area contributed by atoms with Crippen molar-refractivity contribution in [2.45, 2.75) is 13.8 Å². The summed E-state index contributed by atoms with van der Waals surface area (Å²) in [6, 6.07) is 6.85. The first-order valence-electron chi connectivity index (χ1n) is 4.61. The third-order valence-corrected chi connectivity index (χ3v) is 2.53. The molecule has 0 saturated carbocycles. The van der Waals surface area contributed by atoms with E-state index in [9.17, 15) is 9.59 Å². The first-order chi connectivity index (χ1) is 7.00. The van der Waals surface area contributed by atoms with Crippen LogP contribution in [0.5, 0.6) is 0 Å². The fourth-order valence-electron chi connectivity index (χ4n) is 0.971. The van der Waals surface area contributed by atoms with Crippen LogP contribution in [0.25, 0.3) is 0 Å². The lowest BCUT2D eigenvalue weighted by molar-refractivity contribution is -0.118. The van der Waals surface area contributed by atoms with Crippen LogP contribution < -0.4 is 5.32 Å². The minimum atomic E-state index is -0.0455. The third-order valence-electron chi connectivity index (χ3n) is 1.90. The smallest absolute Gasteiger partial charge is 0.226 e. The molecule has 1 aromatic rings. The molecule has 1 rings (SSSR count). The first kappa shape index (κ1) is 12.2. The maximum Gasteiger partial charge on any atom is 0.226 e. The van der Waals surface area contributed by atoms with E-state index in [1.54, 1.807) is 46.9 Å². The zero-order valence-corrected chi connectivity index (χ0v) is 10.7. The zero-order valence-electron chi connectivity index (χ0n) is 8.58. The highest BCUT2D eigenvalue weighted by molar-refractivity contribution is 14.1. The van der Waals surface area contributed by atoms with Crippen molar-refractivity contribution in [3.05, 3.63) is 29.8 Å². The van der Waals surface area contributed by atoms with Crippen molar-refractivity contribution in [2.75, 3.05) is 5.32 Å². The average molecular weight is 317 g/mol. The number of nitrogens with one attached hydrogen (secondary N) is 1. The molecule has 0 spiro atoms. The Morgan fingerprint density at radius 2 is 1.73 bits per heavy atom. The molecule has 80 valence electrons. The number of anilines is 1. The van der Waals surface area contributed by atoms with Crippen LogP contribution in [0.2, 0.25) is 0 Å². The van der Waals surface area contributed by atoms with Crippen LogP contribution in [0.1, 0.15) is 24.2 Å². The fourth-order valence-corrected chi connectivity index (χ4v) is 1.33. The maximum atomic E-state index is 11.4. The van der Waals surface area contributed by atoms with Crippen molar-refractivity contribution in [1.82, 2.24) is 0 Å². The molecule has 0 heterocycles. The number of hydrogen-bond donors (Lipinski definition) is 1. The van der Waals surface area contributed by atoms with Gasteiger partial charge in [0.05, 0.1) is 0 Å². The van der Waals surface area contributed by atoms with Crippen LogP contribution in [0.3, 0.4) is 0 Å². The molecular weight excluding hydrogens is 305 g/mol. The molecule has 3 nitrogen and oxygen atoms in total. The van der Waals surface area contributed by atoms with Gasteiger partial charge in [0.15, 0.2) is 0 Å². The average Bonchev–Trinajstić information content (AvgIpc) is 2.18. The van der Waals surface area contributed by atoms with E-state index in [0.29, 0.717) is 5.56 Å². The standard InChI is InChI=1S/C11H12INO2/c1-7(2)11(15)13-9-5-3-8(4-6-9)10(12)14/h3-7H,1-2H3,(H,13,15). The molecule has 0 radical (unpaired) electrons. The topological polar surface area (TPSA) is 46.2 Å². The SMILES string of the molecule is CC(C)C(=O)Nc1ccc(C(=O)I)cc1. The predicted molar refractivity (Wildman–Crippen MR) is 68.3 cm³/mol. The summed E-state index contributed by atoms with van der Waals surface area (Å²) in [4.78, 5) is 22.3. The van der Waals surface area contributed by atoms with Crippen molar-refractivity contribution < 1.29 is 9.59 Å². The monoisotopic (exact) mass is 317 g/mol. The summed E-state index contributed by atoms with van der Waals surface area (Å²) in [6.07, 6.45) is 0. The third kappa shape index (κ3) is 3.62. The molecule has 0 saturated heterocycles. The normalized spacial score (nSPS) is 10.1. The Morgan fingerprint density at radius 3 is 2.13 bits per heavy atom. The Bertz CT molecular complexity index is 371. The van der Waals surface area contributed by atoms with E-state index >= 15 is 0 Å². The molecule has 0 unspecified atom stereocenters. The summed E-state index contributed by atoms with van der Waals surface area (Å²) >= 11 is 1.73. The van der Waals surface area contributed by atoms with E-state index in [0.717, 1.165) is 5.69 Å². The summed E-state index contributed by atoms with van der Waals surface area (Å²) in [5.41, 5.74) is 1.35. The number of carbonyl (C=O) groups excluding carboxylic acids is 2. The highest BCUT2D eigenvalue weighted by atomic mass is 127. The Balaban J connectivity index is 2.73. The minimum absolute atomic E-state index is 0.00524. The second-order valence-electron chi connectivity index (χ2n) is 3.50. The molecular formula is C11H12INO2. The number of amides is 1. The number of benzene rings is 1. The highest BCUT2D eigenvalue weighted by Crippen LogP contribution is 2.13. The van der Waals surface area contributed by atoms with E-state index in [-0.39, 0.29) is 15.6 Å². The second-order valence-corrected chi connectivity index (χ2v) is 4.47. The Morgan fingerprint density at radius 1 is 1.20 bits per heavy atom. The van der Waals surface area contributed by atoms with Crippen LogP contribution in [0.15, 0.2) is 24.3 Å². The van der Waals surface area contributed by atoms with Crippen LogP contribution in [-0.4, -0.2) is 9.70 Å². The van der Waals surface area contributed by atoms with Crippen molar-refractivity contribution in [3.63, 3.8) is 0 Å². The molecule has 0 bridgehead atoms. The summed E-state index contributed by atoms with van der Waals surface area (Å²) in [7, 11) is 0. The molecule has 0 aromatic heterocycles. The van der Waals surface area contributed by atoms with Gasteiger partial charge in [0.1, 0.15) is 0 Å². The van der Waals surface area contributed by atoms with Gasteiger partial charge < -0.3 is 5.32 Å². The molecule has 0 fully saturated rings. The predicted octanol–water partition coefficient (Wildman–Crippen LogP) is 2.86. The highest BCUT2D eigenvalue weighted by Gasteiger charge is 2.07. The van der Waals surface area contributed by atoms with Gasteiger partial charge >= 0.3 is 0 Å². The lowest BCUT2D eigenvalue weighted by Gasteiger charge is -2.07. The van der Waals surface area contributed by atoms with Gasteiger partial charge in [-0.15, -0.1) is 0 Å². The maximum absolute atomic E-state index is 11.4. The van der Waals surface area contributed by atoms with Gasteiger partial charge in [-0.05, 0) is 24.3 Å². The van der Waals surface area contributed by atoms with Crippen molar-refractivity contribution in [3.8, 4) is 0 Å². The Kier molecular flexibility index (Phi) is 4.26. The number of halogens is 1. The molecule has 1 amide bonds. The molecule has 1 aromatic carbocycles. The van der Waals surface area contributed by atoms with Gasteiger partial charge in [-0.3, -0.25) is 9.59 Å². The number of hydrogen-bond acceptors (Lipinski definition) is 2. The number of carbonyl (C=O) groups is 2. The summed E-state index contributed by atoms with van der Waals surface area (Å²) in [6.45, 7) is 3.66. The lowest BCUT2D eigenvalue weighted by atomic mass is 10.2. The molecule has 4 heteroatoms. The van der Waals surface area contributed by atoms with Gasteiger partial charge in [-0.1, -0.05) is 13.8 Å². The molecule has 0 aliphatic carbocycles. The summed E-state index contributed by atoms with van der Waals surface area (Å²) in [5, 5.41) is 2.75. The molecule has 1 N–H and O–H groups in total. The summed E-state index contributed by atoms with van der Waals surface area (Å²) in [5.74, 6) is -0.0700. The molecule has 0 aliphatic heterocycles. The van der Waals surface area contributed by atoms with Gasteiger partial charge in [0.2, 0.25) is 9.70 Å². The van der Waals surface area contributed by atoms with Crippen molar-refractivity contribution >= 4 is 38.0 Å². The van der Waals surface area contributed by atoms with Crippen LogP contribution in [0.4, 0.5) is 5.69 Å². The van der Waals surface area contributed by atoms with E-state index in [4.69, 9.17) is 0 Å². The van der Waals surface area contributed by atoms with Gasteiger partial charge in [0.25, 0.3) is 0 Å². The zero-order chi connectivity index (χ0) is 11.4. The van der Waals surface area contributed by atoms with E-state index < -0.39 is 0 Å². The molecule has 15 heavy (non-hydrogen) atoms. The Labute approximate surface area is 102 Å². The van der Waals surface area contributed by atoms with Crippen LogP contribution in [0, 0.1) is 5.92 Å².